The van der Waals surface area contributed by atoms with Gasteiger partial charge in [0.05, 0.1) is 12.2 Å². The molecule has 0 radical (unpaired) electrons. The Morgan fingerprint density at radius 1 is 1.26 bits per heavy atom. The van der Waals surface area contributed by atoms with E-state index in [1.165, 1.54) is 11.8 Å². The Morgan fingerprint density at radius 3 is 2.42 bits per heavy atom. The van der Waals surface area contributed by atoms with E-state index in [0.29, 0.717) is 0 Å². The highest BCUT2D eigenvalue weighted by Gasteiger charge is 2.22. The molecule has 8 heteroatoms. The Balaban J connectivity index is 2.45. The van der Waals surface area contributed by atoms with Gasteiger partial charge in [-0.2, -0.15) is 0 Å². The second-order valence-corrected chi connectivity index (χ2v) is 4.58. The SMILES string of the molecule is O=C(O)CC(NC(=O)CSc1ccncc1)C(=O)O. The van der Waals surface area contributed by atoms with Crippen LogP contribution < -0.4 is 5.32 Å². The van der Waals surface area contributed by atoms with E-state index in [-0.39, 0.29) is 5.75 Å². The lowest BCUT2D eigenvalue weighted by molar-refractivity contribution is -0.147. The highest BCUT2D eigenvalue weighted by molar-refractivity contribution is 8.00. The number of aliphatic carboxylic acids is 2. The molecule has 19 heavy (non-hydrogen) atoms. The molecule has 0 aliphatic heterocycles. The number of carboxylic acids is 2. The largest absolute Gasteiger partial charge is 0.481 e. The van der Waals surface area contributed by atoms with Crippen molar-refractivity contribution in [2.45, 2.75) is 17.4 Å². The Bertz CT molecular complexity index is 465. The van der Waals surface area contributed by atoms with E-state index < -0.39 is 30.3 Å². The molecule has 1 aromatic heterocycles. The van der Waals surface area contributed by atoms with Gasteiger partial charge in [-0.05, 0) is 12.1 Å². The van der Waals surface area contributed by atoms with Crippen LogP contribution in [0, 0.1) is 0 Å². The normalized spacial score (nSPS) is 11.6. The Morgan fingerprint density at radius 2 is 1.89 bits per heavy atom. The summed E-state index contributed by atoms with van der Waals surface area (Å²) in [4.78, 5) is 37.3. The quantitative estimate of drug-likeness (QED) is 0.613. The van der Waals surface area contributed by atoms with Crippen LogP contribution in [-0.2, 0) is 14.4 Å². The van der Waals surface area contributed by atoms with E-state index in [0.717, 1.165) is 4.90 Å². The number of aromatic nitrogens is 1. The summed E-state index contributed by atoms with van der Waals surface area (Å²) < 4.78 is 0. The molecule has 3 N–H and O–H groups in total. The van der Waals surface area contributed by atoms with Gasteiger partial charge in [-0.15, -0.1) is 11.8 Å². The minimum absolute atomic E-state index is 0.00735. The molecule has 1 amide bonds. The summed E-state index contributed by atoms with van der Waals surface area (Å²) in [6.45, 7) is 0. The number of hydrogen-bond acceptors (Lipinski definition) is 5. The lowest BCUT2D eigenvalue weighted by Gasteiger charge is -2.12. The molecule has 0 fully saturated rings. The second kappa shape index (κ2) is 7.37. The Labute approximate surface area is 113 Å². The maximum Gasteiger partial charge on any atom is 0.326 e. The maximum absolute atomic E-state index is 11.5. The van der Waals surface area contributed by atoms with Gasteiger partial charge in [-0.25, -0.2) is 4.79 Å². The molecule has 0 saturated carbocycles. The molecule has 0 bridgehead atoms. The van der Waals surface area contributed by atoms with Crippen LogP contribution in [0.3, 0.4) is 0 Å². The summed E-state index contributed by atoms with van der Waals surface area (Å²) in [6, 6.07) is 2.01. The Kier molecular flexibility index (Phi) is 5.80. The molecule has 0 spiro atoms. The predicted molar refractivity (Wildman–Crippen MR) is 66.8 cm³/mol. The lowest BCUT2D eigenvalue weighted by Crippen LogP contribution is -2.43. The first-order valence-electron chi connectivity index (χ1n) is 5.26. The third kappa shape index (κ3) is 5.87. The van der Waals surface area contributed by atoms with Gasteiger partial charge >= 0.3 is 11.9 Å². The summed E-state index contributed by atoms with van der Waals surface area (Å²) >= 11 is 1.21. The molecule has 7 nitrogen and oxygen atoms in total. The van der Waals surface area contributed by atoms with Crippen LogP contribution in [0.5, 0.6) is 0 Å². The average Bonchev–Trinajstić information content (AvgIpc) is 2.36. The zero-order chi connectivity index (χ0) is 14.3. The summed E-state index contributed by atoms with van der Waals surface area (Å²) in [7, 11) is 0. The second-order valence-electron chi connectivity index (χ2n) is 3.53. The molecule has 1 aromatic rings. The number of carbonyl (C=O) groups is 3. The summed E-state index contributed by atoms with van der Waals surface area (Å²) in [5, 5.41) is 19.5. The monoisotopic (exact) mass is 284 g/mol. The number of carboxylic acid groups (broad SMARTS) is 2. The van der Waals surface area contributed by atoms with E-state index in [2.05, 4.69) is 10.3 Å². The topological polar surface area (TPSA) is 117 Å². The van der Waals surface area contributed by atoms with Crippen molar-refractivity contribution >= 4 is 29.6 Å². The van der Waals surface area contributed by atoms with Gasteiger partial charge in [0, 0.05) is 17.3 Å². The molecule has 0 saturated heterocycles. The molecule has 1 atom stereocenters. The van der Waals surface area contributed by atoms with Gasteiger partial charge in [0.1, 0.15) is 6.04 Å². The minimum atomic E-state index is -1.41. The fourth-order valence-electron chi connectivity index (χ4n) is 1.19. The zero-order valence-corrected chi connectivity index (χ0v) is 10.6. The molecule has 0 aromatic carbocycles. The Hall–Kier alpha value is -2.09. The van der Waals surface area contributed by atoms with Gasteiger partial charge in [0.15, 0.2) is 0 Å². The first-order chi connectivity index (χ1) is 8.99. The number of rotatable bonds is 7. The number of carbonyl (C=O) groups excluding carboxylic acids is 1. The van der Waals surface area contributed by atoms with Crippen molar-refractivity contribution in [1.29, 1.82) is 0 Å². The van der Waals surface area contributed by atoms with Gasteiger partial charge in [-0.3, -0.25) is 14.6 Å². The average molecular weight is 284 g/mol. The van der Waals surface area contributed by atoms with Crippen molar-refractivity contribution in [3.8, 4) is 0 Å². The number of thioether (sulfide) groups is 1. The third-order valence-electron chi connectivity index (χ3n) is 2.03. The van der Waals surface area contributed by atoms with Crippen LogP contribution in [0.15, 0.2) is 29.4 Å². The van der Waals surface area contributed by atoms with Gasteiger partial charge in [0.2, 0.25) is 5.91 Å². The molecule has 0 aliphatic carbocycles. The highest BCUT2D eigenvalue weighted by atomic mass is 32.2. The van der Waals surface area contributed by atoms with E-state index in [1.807, 2.05) is 0 Å². The van der Waals surface area contributed by atoms with E-state index in [4.69, 9.17) is 10.2 Å². The molecule has 1 unspecified atom stereocenters. The van der Waals surface area contributed by atoms with Crippen LogP contribution in [0.1, 0.15) is 6.42 Å². The van der Waals surface area contributed by atoms with Crippen molar-refractivity contribution in [2.24, 2.45) is 0 Å². The summed E-state index contributed by atoms with van der Waals surface area (Å²) in [6.07, 6.45) is 2.50. The molecular formula is C11H12N2O5S. The van der Waals surface area contributed by atoms with Crippen LogP contribution >= 0.6 is 11.8 Å². The first kappa shape index (κ1) is 15.0. The minimum Gasteiger partial charge on any atom is -0.481 e. The lowest BCUT2D eigenvalue weighted by atomic mass is 10.2. The summed E-state index contributed by atoms with van der Waals surface area (Å²) in [5.74, 6) is -3.18. The number of nitrogens with one attached hydrogen (secondary N) is 1. The standard InChI is InChI=1S/C11H12N2O5S/c14-9(6-19-7-1-3-12-4-2-7)13-8(11(17)18)5-10(15)16/h1-4,8H,5-6H2,(H,13,14)(H,15,16)(H,17,18). The van der Waals surface area contributed by atoms with Crippen molar-refractivity contribution in [1.82, 2.24) is 10.3 Å². The van der Waals surface area contributed by atoms with Crippen molar-refractivity contribution in [2.75, 3.05) is 5.75 Å². The molecular weight excluding hydrogens is 272 g/mol. The van der Waals surface area contributed by atoms with Crippen LogP contribution in [-0.4, -0.2) is 44.8 Å². The van der Waals surface area contributed by atoms with E-state index in [1.54, 1.807) is 24.5 Å². The fourth-order valence-corrected chi connectivity index (χ4v) is 1.89. The van der Waals surface area contributed by atoms with E-state index >= 15 is 0 Å². The number of nitrogens with zero attached hydrogens (tertiary/aromatic N) is 1. The smallest absolute Gasteiger partial charge is 0.326 e. The summed E-state index contributed by atoms with van der Waals surface area (Å²) in [5.41, 5.74) is 0. The maximum atomic E-state index is 11.5. The third-order valence-corrected chi connectivity index (χ3v) is 3.04. The van der Waals surface area contributed by atoms with Crippen molar-refractivity contribution < 1.29 is 24.6 Å². The fraction of sp³-hybridized carbons (Fsp3) is 0.273. The number of pyridine rings is 1. The highest BCUT2D eigenvalue weighted by Crippen LogP contribution is 2.15. The first-order valence-corrected chi connectivity index (χ1v) is 6.24. The molecule has 1 rings (SSSR count). The van der Waals surface area contributed by atoms with Gasteiger partial charge in [0.25, 0.3) is 0 Å². The van der Waals surface area contributed by atoms with Crippen LogP contribution in [0.2, 0.25) is 0 Å². The van der Waals surface area contributed by atoms with Gasteiger partial charge in [-0.1, -0.05) is 0 Å². The zero-order valence-electron chi connectivity index (χ0n) is 9.78. The number of amides is 1. The van der Waals surface area contributed by atoms with Crippen molar-refractivity contribution in [3.05, 3.63) is 24.5 Å². The predicted octanol–water partition coefficient (Wildman–Crippen LogP) is 0.218. The molecule has 102 valence electrons. The van der Waals surface area contributed by atoms with Gasteiger partial charge < -0.3 is 15.5 Å². The van der Waals surface area contributed by atoms with Crippen molar-refractivity contribution in [3.63, 3.8) is 0 Å². The van der Waals surface area contributed by atoms with Crippen LogP contribution in [0.25, 0.3) is 0 Å². The molecule has 1 heterocycles. The van der Waals surface area contributed by atoms with E-state index in [9.17, 15) is 14.4 Å². The molecule has 0 aliphatic rings. The number of hydrogen-bond donors (Lipinski definition) is 3. The van der Waals surface area contributed by atoms with Crippen LogP contribution in [0.4, 0.5) is 0 Å².